The third-order valence-electron chi connectivity index (χ3n) is 8.15. The van der Waals surface area contributed by atoms with Crippen LogP contribution in [-0.4, -0.2) is 35.2 Å². The van der Waals surface area contributed by atoms with Gasteiger partial charge in [0.2, 0.25) is 11.8 Å². The van der Waals surface area contributed by atoms with E-state index in [2.05, 4.69) is 0 Å². The van der Waals surface area contributed by atoms with Gasteiger partial charge < -0.3 is 4.74 Å². The Labute approximate surface area is 246 Å². The molecule has 42 heavy (non-hydrogen) atoms. The van der Waals surface area contributed by atoms with Gasteiger partial charge in [-0.3, -0.25) is 19.3 Å². The van der Waals surface area contributed by atoms with E-state index in [0.29, 0.717) is 38.4 Å². The summed E-state index contributed by atoms with van der Waals surface area (Å²) in [6, 6.07) is 16.8. The number of halogens is 2. The average molecular weight is 585 g/mol. The second-order valence-corrected chi connectivity index (χ2v) is 11.1. The predicted molar refractivity (Wildman–Crippen MR) is 156 cm³/mol. The van der Waals surface area contributed by atoms with Gasteiger partial charge in [0.05, 0.1) is 34.3 Å². The molecule has 2 unspecified atom stereocenters. The third-order valence-corrected chi connectivity index (χ3v) is 8.56. The Hall–Kier alpha value is -4.43. The first-order chi connectivity index (χ1) is 20.2. The molecule has 0 N–H and O–H groups in total. The molecule has 2 aliphatic rings. The molecular weight excluding hydrogens is 559 g/mol. The highest BCUT2D eigenvalue weighted by Gasteiger charge is 2.48. The number of amides is 2. The molecule has 9 heteroatoms. The molecule has 7 nitrogen and oxygen atoms in total. The number of benzene rings is 3. The minimum atomic E-state index is -0.728. The molecule has 1 aromatic heterocycles. The normalized spacial score (nSPS) is 18.3. The topological polar surface area (TPSA) is 93.6 Å². The minimum Gasteiger partial charge on any atom is -0.454 e. The van der Waals surface area contributed by atoms with E-state index in [-0.39, 0.29) is 34.8 Å². The monoisotopic (exact) mass is 584 g/mol. The quantitative estimate of drug-likeness (QED) is 0.142. The fourth-order valence-corrected chi connectivity index (χ4v) is 6.00. The number of imide groups is 1. The second kappa shape index (κ2) is 11.1. The van der Waals surface area contributed by atoms with Gasteiger partial charge >= 0.3 is 5.97 Å². The van der Waals surface area contributed by atoms with Crippen LogP contribution in [0, 0.1) is 24.6 Å². The van der Waals surface area contributed by atoms with Crippen LogP contribution in [0.2, 0.25) is 5.02 Å². The lowest BCUT2D eigenvalue weighted by Gasteiger charge is -2.19. The molecule has 0 spiro atoms. The van der Waals surface area contributed by atoms with E-state index in [9.17, 15) is 23.6 Å². The molecule has 6 rings (SSSR count). The van der Waals surface area contributed by atoms with Crippen molar-refractivity contribution in [1.29, 1.82) is 0 Å². The van der Waals surface area contributed by atoms with E-state index in [4.69, 9.17) is 21.3 Å². The Bertz CT molecular complexity index is 1730. The van der Waals surface area contributed by atoms with Crippen molar-refractivity contribution in [3.63, 3.8) is 0 Å². The number of esters is 1. The lowest BCUT2D eigenvalue weighted by atomic mass is 9.81. The van der Waals surface area contributed by atoms with Crippen LogP contribution in [0.4, 0.5) is 10.1 Å². The highest BCUT2D eigenvalue weighted by Crippen LogP contribution is 2.40. The summed E-state index contributed by atoms with van der Waals surface area (Å²) in [5.74, 6) is -2.46. The predicted octanol–water partition coefficient (Wildman–Crippen LogP) is 6.72. The molecule has 2 fully saturated rings. The van der Waals surface area contributed by atoms with Crippen LogP contribution in [0.5, 0.6) is 0 Å². The summed E-state index contributed by atoms with van der Waals surface area (Å²) in [7, 11) is 0. The summed E-state index contributed by atoms with van der Waals surface area (Å²) in [5, 5.41) is 0.980. The number of hydrogen-bond donors (Lipinski definition) is 0. The molecule has 2 amide bonds. The fraction of sp³-hybridized carbons (Fsp3) is 0.242. The SMILES string of the molecule is Cc1c(Cl)ccc2c(C(=O)OCC(=O)c3ccc(F)cc3)cc(-c3ccc(N4C(=O)C5CCCCC5C4=O)cc3)nc12. The largest absolute Gasteiger partial charge is 0.454 e. The van der Waals surface area contributed by atoms with E-state index in [1.54, 1.807) is 49.4 Å². The maximum absolute atomic E-state index is 13.3. The molecule has 0 bridgehead atoms. The van der Waals surface area contributed by atoms with Crippen molar-refractivity contribution in [2.24, 2.45) is 11.8 Å². The highest BCUT2D eigenvalue weighted by molar-refractivity contribution is 6.32. The second-order valence-electron chi connectivity index (χ2n) is 10.7. The number of ketones is 1. The summed E-state index contributed by atoms with van der Waals surface area (Å²) >= 11 is 6.38. The van der Waals surface area contributed by atoms with Gasteiger partial charge in [0.15, 0.2) is 12.4 Å². The molecule has 1 saturated heterocycles. The van der Waals surface area contributed by atoms with E-state index in [1.807, 2.05) is 0 Å². The van der Waals surface area contributed by atoms with Crippen molar-refractivity contribution < 1.29 is 28.3 Å². The van der Waals surface area contributed by atoms with Gasteiger partial charge in [-0.25, -0.2) is 14.2 Å². The number of aryl methyl sites for hydroxylation is 1. The molecule has 2 heterocycles. The molecule has 1 aliphatic heterocycles. The Kier molecular flexibility index (Phi) is 7.33. The lowest BCUT2D eigenvalue weighted by molar-refractivity contribution is -0.122. The van der Waals surface area contributed by atoms with Crippen LogP contribution in [0.25, 0.3) is 22.2 Å². The summed E-state index contributed by atoms with van der Waals surface area (Å²) in [4.78, 5) is 58.0. The number of rotatable bonds is 6. The third kappa shape index (κ3) is 4.96. The van der Waals surface area contributed by atoms with Crippen LogP contribution in [-0.2, 0) is 14.3 Å². The molecular formula is C33H26ClFN2O5. The number of carbonyl (C=O) groups is 4. The Morgan fingerprint density at radius 3 is 2.24 bits per heavy atom. The standard InChI is InChI=1S/C33H26ClFN2O5/c1-18-27(34)15-14-23-26(33(41)42-17-29(38)20-6-10-21(35)11-7-20)16-28(36-30(18)23)19-8-12-22(13-9-19)37-31(39)24-4-2-3-5-25(24)32(37)40/h6-16,24-25H,2-5,17H2,1H3. The van der Waals surface area contributed by atoms with Crippen molar-refractivity contribution in [3.8, 4) is 11.3 Å². The van der Waals surface area contributed by atoms with Gasteiger partial charge in [-0.05, 0) is 73.9 Å². The molecule has 2 atom stereocenters. The van der Waals surface area contributed by atoms with Gasteiger partial charge in [0.1, 0.15) is 5.82 Å². The van der Waals surface area contributed by atoms with E-state index >= 15 is 0 Å². The lowest BCUT2D eigenvalue weighted by Crippen LogP contribution is -2.30. The number of carbonyl (C=O) groups excluding carboxylic acids is 4. The zero-order valence-electron chi connectivity index (χ0n) is 22.7. The van der Waals surface area contributed by atoms with E-state index < -0.39 is 24.2 Å². The van der Waals surface area contributed by atoms with Gasteiger partial charge in [-0.2, -0.15) is 0 Å². The Balaban J connectivity index is 1.31. The molecule has 3 aromatic carbocycles. The molecule has 0 radical (unpaired) electrons. The maximum Gasteiger partial charge on any atom is 0.339 e. The number of aromatic nitrogens is 1. The van der Waals surface area contributed by atoms with Gasteiger partial charge in [0.25, 0.3) is 0 Å². The van der Waals surface area contributed by atoms with Crippen molar-refractivity contribution in [2.45, 2.75) is 32.6 Å². The van der Waals surface area contributed by atoms with Crippen LogP contribution >= 0.6 is 11.6 Å². The van der Waals surface area contributed by atoms with Crippen molar-refractivity contribution in [1.82, 2.24) is 4.98 Å². The van der Waals surface area contributed by atoms with Crippen molar-refractivity contribution in [3.05, 3.63) is 94.3 Å². The zero-order chi connectivity index (χ0) is 29.5. The number of Topliss-reactive ketones (excluding diaryl/α,β-unsaturated/α-hetero) is 1. The molecule has 212 valence electrons. The summed E-state index contributed by atoms with van der Waals surface area (Å²) in [6.07, 6.45) is 3.38. The van der Waals surface area contributed by atoms with Gasteiger partial charge in [-0.15, -0.1) is 0 Å². The van der Waals surface area contributed by atoms with E-state index in [0.717, 1.165) is 37.8 Å². The maximum atomic E-state index is 13.3. The first-order valence-electron chi connectivity index (χ1n) is 13.8. The van der Waals surface area contributed by atoms with Crippen LogP contribution in [0.15, 0.2) is 66.7 Å². The highest BCUT2D eigenvalue weighted by atomic mass is 35.5. The smallest absolute Gasteiger partial charge is 0.339 e. The van der Waals surface area contributed by atoms with Crippen LogP contribution in [0.3, 0.4) is 0 Å². The summed E-state index contributed by atoms with van der Waals surface area (Å²) in [5.41, 5.74) is 3.18. The minimum absolute atomic E-state index is 0.147. The van der Waals surface area contributed by atoms with Gasteiger partial charge in [0, 0.05) is 21.5 Å². The molecule has 1 aliphatic carbocycles. The number of pyridine rings is 1. The van der Waals surface area contributed by atoms with Crippen molar-refractivity contribution >= 4 is 51.8 Å². The van der Waals surface area contributed by atoms with Crippen LogP contribution in [0.1, 0.15) is 52.0 Å². The average Bonchev–Trinajstić information content (AvgIpc) is 3.27. The van der Waals surface area contributed by atoms with E-state index in [1.165, 1.54) is 17.0 Å². The fourth-order valence-electron chi connectivity index (χ4n) is 5.85. The number of nitrogens with zero attached hydrogens (tertiary/aromatic N) is 2. The number of anilines is 1. The Morgan fingerprint density at radius 1 is 0.952 bits per heavy atom. The first-order valence-corrected chi connectivity index (χ1v) is 14.1. The number of ether oxygens (including phenoxy) is 1. The van der Waals surface area contributed by atoms with Gasteiger partial charge in [-0.1, -0.05) is 42.6 Å². The zero-order valence-corrected chi connectivity index (χ0v) is 23.5. The molecule has 4 aromatic rings. The summed E-state index contributed by atoms with van der Waals surface area (Å²) in [6.45, 7) is 1.27. The molecule has 1 saturated carbocycles. The van der Waals surface area contributed by atoms with Crippen molar-refractivity contribution in [2.75, 3.05) is 11.5 Å². The summed E-state index contributed by atoms with van der Waals surface area (Å²) < 4.78 is 18.6. The number of hydrogen-bond acceptors (Lipinski definition) is 6. The van der Waals surface area contributed by atoms with Crippen LogP contribution < -0.4 is 4.90 Å². The first kappa shape index (κ1) is 27.7. The number of fused-ring (bicyclic) bond motifs is 2. The Morgan fingerprint density at radius 2 is 1.60 bits per heavy atom.